The SMILES string of the molecule is CNC(C)Cc1noc(CC(NC(C)=O)c2ccc(F)cc2F)n1. The first-order chi connectivity index (χ1) is 11.4. The summed E-state index contributed by atoms with van der Waals surface area (Å²) in [6, 6.07) is 2.67. The van der Waals surface area contributed by atoms with Crippen LogP contribution in [0.1, 0.15) is 37.2 Å². The van der Waals surface area contributed by atoms with E-state index in [-0.39, 0.29) is 29.8 Å². The topological polar surface area (TPSA) is 80.0 Å². The van der Waals surface area contributed by atoms with Crippen LogP contribution in [0, 0.1) is 11.6 Å². The first-order valence-corrected chi connectivity index (χ1v) is 7.59. The summed E-state index contributed by atoms with van der Waals surface area (Å²) in [6.07, 6.45) is 0.693. The van der Waals surface area contributed by atoms with Gasteiger partial charge in [0.15, 0.2) is 5.82 Å². The summed E-state index contributed by atoms with van der Waals surface area (Å²) in [4.78, 5) is 15.7. The number of nitrogens with one attached hydrogen (secondary N) is 2. The molecule has 0 bridgehead atoms. The summed E-state index contributed by atoms with van der Waals surface area (Å²) < 4.78 is 32.3. The van der Waals surface area contributed by atoms with Gasteiger partial charge in [-0.1, -0.05) is 11.2 Å². The highest BCUT2D eigenvalue weighted by atomic mass is 19.1. The molecule has 0 radical (unpaired) electrons. The molecule has 2 N–H and O–H groups in total. The van der Waals surface area contributed by atoms with Crippen molar-refractivity contribution in [1.82, 2.24) is 20.8 Å². The average molecular weight is 338 g/mol. The summed E-state index contributed by atoms with van der Waals surface area (Å²) in [6.45, 7) is 3.30. The molecule has 0 saturated carbocycles. The Balaban J connectivity index is 2.18. The van der Waals surface area contributed by atoms with Crippen LogP contribution < -0.4 is 10.6 Å². The minimum atomic E-state index is -0.739. The van der Waals surface area contributed by atoms with Gasteiger partial charge in [0.1, 0.15) is 11.6 Å². The summed E-state index contributed by atoms with van der Waals surface area (Å²) in [5.74, 6) is -0.965. The Bertz CT molecular complexity index is 705. The maximum absolute atomic E-state index is 14.0. The van der Waals surface area contributed by atoms with E-state index in [4.69, 9.17) is 4.52 Å². The van der Waals surface area contributed by atoms with Crippen molar-refractivity contribution in [2.75, 3.05) is 7.05 Å². The third kappa shape index (κ3) is 4.82. The molecule has 0 aliphatic heterocycles. The van der Waals surface area contributed by atoms with Gasteiger partial charge in [0.2, 0.25) is 11.8 Å². The highest BCUT2D eigenvalue weighted by Crippen LogP contribution is 2.22. The molecule has 1 heterocycles. The number of rotatable bonds is 7. The van der Waals surface area contributed by atoms with Crippen LogP contribution in [-0.4, -0.2) is 29.1 Å². The van der Waals surface area contributed by atoms with E-state index in [0.29, 0.717) is 12.2 Å². The van der Waals surface area contributed by atoms with Gasteiger partial charge in [-0.05, 0) is 20.0 Å². The van der Waals surface area contributed by atoms with Gasteiger partial charge in [0, 0.05) is 31.0 Å². The van der Waals surface area contributed by atoms with Gasteiger partial charge in [-0.3, -0.25) is 4.79 Å². The minimum absolute atomic E-state index is 0.114. The summed E-state index contributed by atoms with van der Waals surface area (Å²) >= 11 is 0. The van der Waals surface area contributed by atoms with E-state index < -0.39 is 17.7 Å². The van der Waals surface area contributed by atoms with Gasteiger partial charge in [0.25, 0.3) is 0 Å². The second kappa shape index (κ2) is 7.96. The number of hydrogen-bond acceptors (Lipinski definition) is 5. The molecule has 1 amide bonds. The van der Waals surface area contributed by atoms with Crippen LogP contribution in [0.2, 0.25) is 0 Å². The third-order valence-electron chi connectivity index (χ3n) is 3.59. The molecule has 0 saturated heterocycles. The third-order valence-corrected chi connectivity index (χ3v) is 3.59. The highest BCUT2D eigenvalue weighted by Gasteiger charge is 2.21. The molecule has 8 heteroatoms. The van der Waals surface area contributed by atoms with E-state index in [1.54, 1.807) is 0 Å². The van der Waals surface area contributed by atoms with Crippen molar-refractivity contribution < 1.29 is 18.1 Å². The Hall–Kier alpha value is -2.35. The summed E-state index contributed by atoms with van der Waals surface area (Å²) in [7, 11) is 1.83. The summed E-state index contributed by atoms with van der Waals surface area (Å²) in [5, 5.41) is 9.56. The van der Waals surface area contributed by atoms with Crippen LogP contribution in [0.4, 0.5) is 8.78 Å². The molecule has 2 aromatic rings. The Morgan fingerprint density at radius 2 is 2.08 bits per heavy atom. The monoisotopic (exact) mass is 338 g/mol. The fraction of sp³-hybridized carbons (Fsp3) is 0.438. The van der Waals surface area contributed by atoms with E-state index in [0.717, 1.165) is 12.1 Å². The van der Waals surface area contributed by atoms with Crippen LogP contribution in [0.5, 0.6) is 0 Å². The summed E-state index contributed by atoms with van der Waals surface area (Å²) in [5.41, 5.74) is 0.162. The van der Waals surface area contributed by atoms with Gasteiger partial charge >= 0.3 is 0 Å². The fourth-order valence-corrected chi connectivity index (χ4v) is 2.27. The van der Waals surface area contributed by atoms with E-state index >= 15 is 0 Å². The second-order valence-corrected chi connectivity index (χ2v) is 5.62. The largest absolute Gasteiger partial charge is 0.349 e. The molecule has 24 heavy (non-hydrogen) atoms. The molecule has 0 fully saturated rings. The molecule has 0 aliphatic rings. The Morgan fingerprint density at radius 3 is 2.71 bits per heavy atom. The van der Waals surface area contributed by atoms with E-state index in [9.17, 15) is 13.6 Å². The first kappa shape index (κ1) is 18.0. The first-order valence-electron chi connectivity index (χ1n) is 7.59. The Kier molecular flexibility index (Phi) is 5.97. The van der Waals surface area contributed by atoms with Crippen LogP contribution in [0.3, 0.4) is 0 Å². The predicted octanol–water partition coefficient (Wildman–Crippen LogP) is 1.92. The number of amides is 1. The zero-order chi connectivity index (χ0) is 17.7. The average Bonchev–Trinajstić information content (AvgIpc) is 2.93. The number of nitrogens with zero attached hydrogens (tertiary/aromatic N) is 2. The van der Waals surface area contributed by atoms with Crippen molar-refractivity contribution in [3.05, 3.63) is 47.1 Å². The van der Waals surface area contributed by atoms with Gasteiger partial charge < -0.3 is 15.2 Å². The van der Waals surface area contributed by atoms with Crippen molar-refractivity contribution in [3.63, 3.8) is 0 Å². The molecule has 1 aromatic heterocycles. The smallest absolute Gasteiger partial charge is 0.229 e. The van der Waals surface area contributed by atoms with Gasteiger partial charge in [0.05, 0.1) is 12.5 Å². The standard InChI is InChI=1S/C16H20F2N4O2/c1-9(19-3)6-15-21-16(24-22-15)8-14(20-10(2)23)12-5-4-11(17)7-13(12)18/h4-5,7,9,14,19H,6,8H2,1-3H3,(H,20,23). The molecule has 0 spiro atoms. The maximum atomic E-state index is 14.0. The number of carbonyl (C=O) groups is 1. The van der Waals surface area contributed by atoms with Gasteiger partial charge in [-0.25, -0.2) is 8.78 Å². The van der Waals surface area contributed by atoms with Gasteiger partial charge in [-0.15, -0.1) is 0 Å². The Morgan fingerprint density at radius 1 is 1.33 bits per heavy atom. The molecule has 2 rings (SSSR count). The molecule has 130 valence electrons. The molecule has 6 nitrogen and oxygen atoms in total. The molecule has 2 atom stereocenters. The zero-order valence-electron chi connectivity index (χ0n) is 13.8. The fourth-order valence-electron chi connectivity index (χ4n) is 2.27. The number of benzene rings is 1. The Labute approximate surface area is 138 Å². The van der Waals surface area contributed by atoms with Crippen LogP contribution in [-0.2, 0) is 17.6 Å². The van der Waals surface area contributed by atoms with Crippen molar-refractivity contribution in [3.8, 4) is 0 Å². The minimum Gasteiger partial charge on any atom is -0.349 e. The maximum Gasteiger partial charge on any atom is 0.229 e. The van der Waals surface area contributed by atoms with Crippen molar-refractivity contribution >= 4 is 5.91 Å². The van der Waals surface area contributed by atoms with Crippen LogP contribution >= 0.6 is 0 Å². The van der Waals surface area contributed by atoms with Crippen LogP contribution in [0.15, 0.2) is 22.7 Å². The lowest BCUT2D eigenvalue weighted by Gasteiger charge is -2.17. The van der Waals surface area contributed by atoms with Crippen molar-refractivity contribution in [2.45, 2.75) is 38.8 Å². The number of aromatic nitrogens is 2. The van der Waals surface area contributed by atoms with Crippen molar-refractivity contribution in [2.24, 2.45) is 0 Å². The molecule has 1 aromatic carbocycles. The zero-order valence-corrected chi connectivity index (χ0v) is 13.8. The lowest BCUT2D eigenvalue weighted by Crippen LogP contribution is -2.28. The van der Waals surface area contributed by atoms with Crippen LogP contribution in [0.25, 0.3) is 0 Å². The molecule has 2 unspecified atom stereocenters. The number of likely N-dealkylation sites (N-methyl/N-ethyl adjacent to an activating group) is 1. The van der Waals surface area contributed by atoms with Crippen molar-refractivity contribution in [1.29, 1.82) is 0 Å². The van der Waals surface area contributed by atoms with Gasteiger partial charge in [-0.2, -0.15) is 4.98 Å². The normalized spacial score (nSPS) is 13.5. The number of hydrogen-bond donors (Lipinski definition) is 2. The quantitative estimate of drug-likeness (QED) is 0.806. The predicted molar refractivity (Wildman–Crippen MR) is 83.1 cm³/mol. The number of halogens is 2. The second-order valence-electron chi connectivity index (χ2n) is 5.62. The van der Waals surface area contributed by atoms with E-state index in [1.165, 1.54) is 13.0 Å². The molecular weight excluding hydrogens is 318 g/mol. The highest BCUT2D eigenvalue weighted by molar-refractivity contribution is 5.73. The lowest BCUT2D eigenvalue weighted by atomic mass is 10.0. The number of carbonyl (C=O) groups excluding carboxylic acids is 1. The molecule has 0 aliphatic carbocycles. The van der Waals surface area contributed by atoms with E-state index in [2.05, 4.69) is 20.8 Å². The lowest BCUT2D eigenvalue weighted by molar-refractivity contribution is -0.119. The van der Waals surface area contributed by atoms with E-state index in [1.807, 2.05) is 14.0 Å². The molecular formula is C16H20F2N4O2.